The molecule has 2 aliphatic heterocycles. The molecule has 0 spiro atoms. The summed E-state index contributed by atoms with van der Waals surface area (Å²) in [5.41, 5.74) is 1.97. The Bertz CT molecular complexity index is 1370. The largest absolute Gasteiger partial charge is 0.347 e. The molecule has 3 N–H and O–H groups in total. The summed E-state index contributed by atoms with van der Waals surface area (Å²) >= 11 is 0. The monoisotopic (exact) mass is 621 g/mol. The summed E-state index contributed by atoms with van der Waals surface area (Å²) in [6.45, 7) is 9.00. The summed E-state index contributed by atoms with van der Waals surface area (Å²) in [5, 5.41) is 9.96. The molecule has 5 atom stereocenters. The average molecular weight is 622 g/mol. The quantitative estimate of drug-likeness (QED) is 0.308. The normalized spacial score (nSPS) is 23.8. The van der Waals surface area contributed by atoms with Gasteiger partial charge in [-0.05, 0) is 56.6 Å². The summed E-state index contributed by atoms with van der Waals surface area (Å²) in [6, 6.07) is 4.66. The van der Waals surface area contributed by atoms with E-state index in [-0.39, 0.29) is 29.9 Å². The number of carbonyl (C=O) groups excluding carboxylic acids is 5. The zero-order valence-electron chi connectivity index (χ0n) is 27.4. The lowest BCUT2D eigenvalue weighted by Crippen LogP contribution is -2.64. The second kappa shape index (κ2) is 16.0. The molecule has 45 heavy (non-hydrogen) atoms. The molecule has 10 heteroatoms. The topological polar surface area (TPSA) is 130 Å². The molecule has 0 unspecified atom stereocenters. The van der Waals surface area contributed by atoms with Crippen LogP contribution in [0.5, 0.6) is 0 Å². The Kier molecular flexibility index (Phi) is 12.2. The fourth-order valence-corrected chi connectivity index (χ4v) is 6.59. The van der Waals surface area contributed by atoms with E-state index in [9.17, 15) is 24.0 Å². The van der Waals surface area contributed by atoms with Crippen LogP contribution in [0.3, 0.4) is 0 Å². The van der Waals surface area contributed by atoms with Crippen LogP contribution in [0, 0.1) is 5.92 Å². The van der Waals surface area contributed by atoms with Crippen molar-refractivity contribution in [2.45, 2.75) is 129 Å². The molecular weight excluding hydrogens is 570 g/mol. The summed E-state index contributed by atoms with van der Waals surface area (Å²) in [6.07, 6.45) is 8.51. The van der Waals surface area contributed by atoms with Gasteiger partial charge in [-0.25, -0.2) is 0 Å². The lowest BCUT2D eigenvalue weighted by atomic mass is 9.93. The summed E-state index contributed by atoms with van der Waals surface area (Å²) in [7, 11) is 0. The molecule has 1 aromatic heterocycles. The maximum Gasteiger partial charge on any atom is 0.246 e. The van der Waals surface area contributed by atoms with Gasteiger partial charge in [-0.15, -0.1) is 0 Å². The lowest BCUT2D eigenvalue weighted by molar-refractivity contribution is -0.147. The van der Waals surface area contributed by atoms with Crippen molar-refractivity contribution in [2.24, 2.45) is 5.92 Å². The molecule has 1 aromatic carbocycles. The van der Waals surface area contributed by atoms with Crippen LogP contribution >= 0.6 is 0 Å². The van der Waals surface area contributed by atoms with E-state index in [1.165, 1.54) is 0 Å². The molecule has 10 nitrogen and oxygen atoms in total. The molecule has 0 aliphatic carbocycles. The number of Topliss-reactive ketones (excluding diaryl/α,β-unsaturated/α-hetero) is 1. The van der Waals surface area contributed by atoms with E-state index in [0.29, 0.717) is 45.1 Å². The minimum atomic E-state index is -0.953. The highest BCUT2D eigenvalue weighted by Gasteiger charge is 2.40. The standard InChI is InChI=1S/C35H51N5O5/c1-5-23(4)31-35(45)40-20-14-13-19-30(40)34(44)36-27(17-10-8-9-15-25(41)6-2)32(42)37-28(33(43)38-31)21-24-22-39(7-3)29-18-12-11-16-26(24)29/h11-12,16,18,22-23,27-28,30-31H,5-10,13-15,17,19-21H2,1-4H3,(H,36,44)(H,37,42)(H,38,43)/t23-,27-,28-,30+,31-/m0/s1. The van der Waals surface area contributed by atoms with Crippen molar-refractivity contribution in [2.75, 3.05) is 6.54 Å². The predicted molar refractivity (Wildman–Crippen MR) is 174 cm³/mol. The Morgan fingerprint density at radius 2 is 1.64 bits per heavy atom. The van der Waals surface area contributed by atoms with Crippen LogP contribution in [0.4, 0.5) is 0 Å². The van der Waals surface area contributed by atoms with Crippen molar-refractivity contribution in [1.82, 2.24) is 25.4 Å². The van der Waals surface area contributed by atoms with Gasteiger partial charge in [0.05, 0.1) is 0 Å². The highest BCUT2D eigenvalue weighted by atomic mass is 16.2. The van der Waals surface area contributed by atoms with Gasteiger partial charge in [-0.3, -0.25) is 24.0 Å². The number of ketones is 1. The number of nitrogens with one attached hydrogen (secondary N) is 3. The molecule has 0 saturated carbocycles. The summed E-state index contributed by atoms with van der Waals surface area (Å²) in [5.74, 6) is -1.36. The first-order valence-electron chi connectivity index (χ1n) is 17.0. The molecule has 2 aromatic rings. The first-order chi connectivity index (χ1) is 21.7. The maximum absolute atomic E-state index is 14.1. The summed E-state index contributed by atoms with van der Waals surface area (Å²) in [4.78, 5) is 69.1. The van der Waals surface area contributed by atoms with Gasteiger partial charge >= 0.3 is 0 Å². The molecule has 0 bridgehead atoms. The Morgan fingerprint density at radius 1 is 0.911 bits per heavy atom. The fourth-order valence-electron chi connectivity index (χ4n) is 6.59. The number of hydrogen-bond donors (Lipinski definition) is 3. The number of amides is 4. The first kappa shape index (κ1) is 34.2. The van der Waals surface area contributed by atoms with Crippen LogP contribution in [0.2, 0.25) is 0 Å². The van der Waals surface area contributed by atoms with Gasteiger partial charge in [0, 0.05) is 49.5 Å². The molecule has 246 valence electrons. The molecule has 0 radical (unpaired) electrons. The SMILES string of the molecule is CCC(=O)CCCCC[C@@H]1NC(=O)[C@H]2CCCCN2C(=O)[C@H]([C@@H](C)CC)NC(=O)[C@H](Cc2cn(CC)c3ccccc23)NC1=O. The van der Waals surface area contributed by atoms with Crippen molar-refractivity contribution in [3.63, 3.8) is 0 Å². The average Bonchev–Trinajstić information content (AvgIpc) is 3.41. The summed E-state index contributed by atoms with van der Waals surface area (Å²) < 4.78 is 2.12. The minimum Gasteiger partial charge on any atom is -0.347 e. The van der Waals surface area contributed by atoms with E-state index in [1.807, 2.05) is 51.2 Å². The third-order valence-corrected chi connectivity index (χ3v) is 9.61. The predicted octanol–water partition coefficient (Wildman–Crippen LogP) is 4.03. The number of hydrogen-bond acceptors (Lipinski definition) is 5. The van der Waals surface area contributed by atoms with Gasteiger partial charge in [0.25, 0.3) is 0 Å². The third kappa shape index (κ3) is 8.32. The van der Waals surface area contributed by atoms with E-state index >= 15 is 0 Å². The van der Waals surface area contributed by atoms with Crippen molar-refractivity contribution in [1.29, 1.82) is 0 Å². The van der Waals surface area contributed by atoms with Gasteiger partial charge in [-0.1, -0.05) is 58.2 Å². The zero-order valence-corrected chi connectivity index (χ0v) is 27.4. The van der Waals surface area contributed by atoms with Gasteiger partial charge in [-0.2, -0.15) is 0 Å². The Labute approximate surface area is 267 Å². The first-order valence-corrected chi connectivity index (χ1v) is 17.0. The molecular formula is C35H51N5O5. The number of carbonyl (C=O) groups is 5. The lowest BCUT2D eigenvalue weighted by Gasteiger charge is -2.39. The van der Waals surface area contributed by atoms with Crippen LogP contribution in [0.15, 0.2) is 30.5 Å². The number of piperidine rings is 1. The van der Waals surface area contributed by atoms with E-state index < -0.39 is 36.0 Å². The van der Waals surface area contributed by atoms with Crippen LogP contribution in [-0.2, 0) is 36.9 Å². The van der Waals surface area contributed by atoms with E-state index in [0.717, 1.165) is 48.7 Å². The number of aromatic nitrogens is 1. The van der Waals surface area contributed by atoms with E-state index in [2.05, 4.69) is 27.4 Å². The second-order valence-corrected chi connectivity index (χ2v) is 12.7. The Morgan fingerprint density at radius 3 is 2.38 bits per heavy atom. The molecule has 2 saturated heterocycles. The highest BCUT2D eigenvalue weighted by molar-refractivity contribution is 5.98. The minimum absolute atomic E-state index is 0.166. The number of aryl methyl sites for hydroxylation is 1. The number of benzene rings is 1. The van der Waals surface area contributed by atoms with Crippen LogP contribution < -0.4 is 16.0 Å². The van der Waals surface area contributed by atoms with Gasteiger partial charge < -0.3 is 25.4 Å². The van der Waals surface area contributed by atoms with Crippen molar-refractivity contribution < 1.29 is 24.0 Å². The van der Waals surface area contributed by atoms with Crippen LogP contribution in [-0.4, -0.2) is 69.6 Å². The number of para-hydroxylation sites is 1. The number of fused-ring (bicyclic) bond motifs is 2. The van der Waals surface area contributed by atoms with Crippen molar-refractivity contribution in [3.8, 4) is 0 Å². The smallest absolute Gasteiger partial charge is 0.246 e. The maximum atomic E-state index is 14.1. The van der Waals surface area contributed by atoms with E-state index in [4.69, 9.17) is 0 Å². The number of nitrogens with zero attached hydrogens (tertiary/aromatic N) is 2. The zero-order chi connectivity index (χ0) is 32.5. The molecule has 2 aliphatic rings. The second-order valence-electron chi connectivity index (χ2n) is 12.7. The fraction of sp³-hybridized carbons (Fsp3) is 0.629. The molecule has 3 heterocycles. The molecule has 4 amide bonds. The van der Waals surface area contributed by atoms with Crippen molar-refractivity contribution >= 4 is 40.3 Å². The van der Waals surface area contributed by atoms with E-state index in [1.54, 1.807) is 4.90 Å². The molecule has 4 rings (SSSR count). The van der Waals surface area contributed by atoms with Gasteiger partial charge in [0.15, 0.2) is 0 Å². The van der Waals surface area contributed by atoms with Crippen LogP contribution in [0.25, 0.3) is 10.9 Å². The Hall–Kier alpha value is -3.69. The third-order valence-electron chi connectivity index (χ3n) is 9.61. The van der Waals surface area contributed by atoms with Crippen molar-refractivity contribution in [3.05, 3.63) is 36.0 Å². The highest BCUT2D eigenvalue weighted by Crippen LogP contribution is 2.25. The number of rotatable bonds is 12. The van der Waals surface area contributed by atoms with Gasteiger partial charge in [0.2, 0.25) is 23.6 Å². The Balaban J connectivity index is 1.66. The number of unbranched alkanes of at least 4 members (excludes halogenated alkanes) is 2. The molecule has 2 fully saturated rings. The van der Waals surface area contributed by atoms with Crippen LogP contribution in [0.1, 0.15) is 97.5 Å². The van der Waals surface area contributed by atoms with Gasteiger partial charge in [0.1, 0.15) is 30.0 Å².